The minimum atomic E-state index is -0.0823. The Labute approximate surface area is 67.1 Å². The van der Waals surface area contributed by atoms with Crippen LogP contribution in [0.15, 0.2) is 12.2 Å². The van der Waals surface area contributed by atoms with Gasteiger partial charge in [0.25, 0.3) is 0 Å². The quantitative estimate of drug-likeness (QED) is 0.582. The molecule has 1 aromatic heterocycles. The Kier molecular flexibility index (Phi) is 0.944. The van der Waals surface area contributed by atoms with E-state index in [0.717, 1.165) is 12.8 Å². The second-order valence-electron chi connectivity index (χ2n) is 2.38. The molecule has 2 rings (SSSR count). The molecule has 0 atom stereocenters. The van der Waals surface area contributed by atoms with Crippen LogP contribution >= 0.6 is 11.6 Å². The molecule has 0 spiro atoms. The van der Waals surface area contributed by atoms with Crippen LogP contribution in [0.25, 0.3) is 0 Å². The highest BCUT2D eigenvalue weighted by molar-refractivity contribution is 6.29. The van der Waals surface area contributed by atoms with Crippen molar-refractivity contribution < 1.29 is 2.74 Å². The molecule has 1 fully saturated rings. The summed E-state index contributed by atoms with van der Waals surface area (Å²) in [6.07, 6.45) is 2.08. The molecular formula is C7H7ClN2. The van der Waals surface area contributed by atoms with Gasteiger partial charge in [-0.2, -0.15) is 0 Å². The van der Waals surface area contributed by atoms with Gasteiger partial charge in [0.2, 0.25) is 0 Å². The average Bonchev–Trinajstić information content (AvgIpc) is 2.81. The summed E-state index contributed by atoms with van der Waals surface area (Å²) in [5.41, 5.74) is 0. The Bertz CT molecular complexity index is 302. The van der Waals surface area contributed by atoms with Crippen molar-refractivity contribution in [2.24, 2.45) is 0 Å². The highest BCUT2D eigenvalue weighted by Gasteiger charge is 2.26. The molecule has 1 saturated carbocycles. The van der Waals surface area contributed by atoms with Crippen molar-refractivity contribution in [3.63, 3.8) is 0 Å². The molecule has 52 valence electrons. The molecule has 0 bridgehead atoms. The predicted molar refractivity (Wildman–Crippen MR) is 39.0 cm³/mol. The number of rotatable bonds is 1. The Hall–Kier alpha value is -0.630. The van der Waals surface area contributed by atoms with Gasteiger partial charge in [0.15, 0.2) is 0 Å². The van der Waals surface area contributed by atoms with E-state index in [0.29, 0.717) is 11.7 Å². The van der Waals surface area contributed by atoms with Gasteiger partial charge < -0.3 is 0 Å². The summed E-state index contributed by atoms with van der Waals surface area (Å²) in [6.45, 7) is 0. The minimum absolute atomic E-state index is 0.0723. The Morgan fingerprint density at radius 2 is 2.50 bits per heavy atom. The van der Waals surface area contributed by atoms with Gasteiger partial charge in [-0.1, -0.05) is 11.6 Å². The lowest BCUT2D eigenvalue weighted by molar-refractivity contribution is 0.927. The van der Waals surface area contributed by atoms with E-state index in [1.54, 1.807) is 0 Å². The van der Waals surface area contributed by atoms with Gasteiger partial charge in [-0.15, -0.1) is 0 Å². The van der Waals surface area contributed by atoms with E-state index in [2.05, 4.69) is 9.97 Å². The van der Waals surface area contributed by atoms with E-state index in [-0.39, 0.29) is 17.4 Å². The minimum Gasteiger partial charge on any atom is -0.241 e. The number of aromatic nitrogens is 2. The second-order valence-corrected chi connectivity index (χ2v) is 2.74. The Morgan fingerprint density at radius 3 is 3.10 bits per heavy atom. The largest absolute Gasteiger partial charge is 0.241 e. The summed E-state index contributed by atoms with van der Waals surface area (Å²) in [6, 6.07) is -0.0823. The first-order valence-corrected chi connectivity index (χ1v) is 3.57. The van der Waals surface area contributed by atoms with Crippen LogP contribution in [0.5, 0.6) is 0 Å². The lowest BCUT2D eigenvalue weighted by Gasteiger charge is -1.93. The summed E-state index contributed by atoms with van der Waals surface area (Å²) in [5.74, 6) is 1.01. The van der Waals surface area contributed by atoms with Crippen LogP contribution in [0.3, 0.4) is 0 Å². The molecule has 1 aliphatic carbocycles. The summed E-state index contributed by atoms with van der Waals surface area (Å²) in [5, 5.41) is 0.0944. The smallest absolute Gasteiger partial charge is 0.133 e. The zero-order valence-electron chi connectivity index (χ0n) is 7.26. The van der Waals surface area contributed by atoms with Gasteiger partial charge in [0.1, 0.15) is 11.0 Å². The zero-order chi connectivity index (χ0) is 8.72. The van der Waals surface area contributed by atoms with Crippen molar-refractivity contribution in [2.45, 2.75) is 18.8 Å². The maximum Gasteiger partial charge on any atom is 0.133 e. The molecule has 0 aliphatic heterocycles. The molecule has 0 saturated heterocycles. The first kappa shape index (κ1) is 4.29. The third-order valence-corrected chi connectivity index (χ3v) is 1.66. The molecule has 0 aromatic carbocycles. The second kappa shape index (κ2) is 2.20. The third-order valence-electron chi connectivity index (χ3n) is 1.48. The van der Waals surface area contributed by atoms with E-state index in [4.69, 9.17) is 14.3 Å². The van der Waals surface area contributed by atoms with Crippen LogP contribution in [0.2, 0.25) is 5.15 Å². The highest BCUT2D eigenvalue weighted by atomic mass is 35.5. The van der Waals surface area contributed by atoms with Crippen molar-refractivity contribution in [1.29, 1.82) is 0 Å². The van der Waals surface area contributed by atoms with Gasteiger partial charge in [-0.05, 0) is 18.9 Å². The van der Waals surface area contributed by atoms with Crippen molar-refractivity contribution in [3.05, 3.63) is 23.2 Å². The predicted octanol–water partition coefficient (Wildman–Crippen LogP) is 2.01. The maximum atomic E-state index is 7.30. The lowest BCUT2D eigenvalue weighted by atomic mass is 10.4. The van der Waals surface area contributed by atoms with Crippen LogP contribution in [-0.4, -0.2) is 9.97 Å². The Morgan fingerprint density at radius 1 is 1.70 bits per heavy atom. The van der Waals surface area contributed by atoms with Crippen LogP contribution in [-0.2, 0) is 0 Å². The van der Waals surface area contributed by atoms with Crippen LogP contribution < -0.4 is 0 Å². The van der Waals surface area contributed by atoms with E-state index in [9.17, 15) is 0 Å². The van der Waals surface area contributed by atoms with Gasteiger partial charge in [0.05, 0.1) is 2.74 Å². The average molecular weight is 157 g/mol. The maximum absolute atomic E-state index is 7.30. The number of hydrogen-bond donors (Lipinski definition) is 0. The van der Waals surface area contributed by atoms with Gasteiger partial charge in [-0.3, -0.25) is 0 Å². The van der Waals surface area contributed by atoms with Crippen LogP contribution in [0.4, 0.5) is 0 Å². The summed E-state index contributed by atoms with van der Waals surface area (Å²) in [7, 11) is 0. The third kappa shape index (κ3) is 1.12. The number of halogens is 1. The Balaban J connectivity index is 2.45. The first-order chi connectivity index (χ1) is 5.68. The molecule has 0 amide bonds. The van der Waals surface area contributed by atoms with E-state index < -0.39 is 0 Å². The molecule has 1 heterocycles. The standard InChI is InChI=1S/C7H7ClN2/c8-6-3-4-9-7(10-6)5-1-2-5/h3-5H,1-2H2/i3D,4D. The van der Waals surface area contributed by atoms with E-state index in [1.807, 2.05) is 0 Å². The first-order valence-electron chi connectivity index (χ1n) is 4.19. The molecule has 1 aliphatic rings. The number of hydrogen-bond acceptors (Lipinski definition) is 2. The van der Waals surface area contributed by atoms with E-state index in [1.165, 1.54) is 0 Å². The normalized spacial score (nSPS) is 20.1. The zero-order valence-corrected chi connectivity index (χ0v) is 6.02. The molecule has 2 nitrogen and oxygen atoms in total. The van der Waals surface area contributed by atoms with Crippen molar-refractivity contribution in [1.82, 2.24) is 9.97 Å². The van der Waals surface area contributed by atoms with Crippen molar-refractivity contribution in [2.75, 3.05) is 0 Å². The summed E-state index contributed by atoms with van der Waals surface area (Å²) in [4.78, 5) is 7.82. The van der Waals surface area contributed by atoms with Gasteiger partial charge in [-0.25, -0.2) is 9.97 Å². The topological polar surface area (TPSA) is 25.8 Å². The fourth-order valence-corrected chi connectivity index (χ4v) is 0.938. The highest BCUT2D eigenvalue weighted by Crippen LogP contribution is 2.37. The lowest BCUT2D eigenvalue weighted by Crippen LogP contribution is -1.89. The fraction of sp³-hybridized carbons (Fsp3) is 0.429. The molecule has 0 unspecified atom stereocenters. The molecular weight excluding hydrogens is 148 g/mol. The van der Waals surface area contributed by atoms with Gasteiger partial charge >= 0.3 is 0 Å². The summed E-state index contributed by atoms with van der Waals surface area (Å²) < 4.78 is 14.6. The molecule has 0 radical (unpaired) electrons. The molecule has 3 heteroatoms. The van der Waals surface area contributed by atoms with Crippen LogP contribution in [0, 0.1) is 0 Å². The molecule has 10 heavy (non-hydrogen) atoms. The van der Waals surface area contributed by atoms with Gasteiger partial charge in [0, 0.05) is 12.1 Å². The summed E-state index contributed by atoms with van der Waals surface area (Å²) >= 11 is 5.63. The molecule has 0 N–H and O–H groups in total. The SMILES string of the molecule is [2H]c1nc(C2CC2)nc(Cl)c1[2H]. The van der Waals surface area contributed by atoms with E-state index >= 15 is 0 Å². The van der Waals surface area contributed by atoms with Crippen molar-refractivity contribution >= 4 is 11.6 Å². The van der Waals surface area contributed by atoms with Crippen molar-refractivity contribution in [3.8, 4) is 0 Å². The fourth-order valence-electron chi connectivity index (χ4n) is 0.809. The number of nitrogens with zero attached hydrogens (tertiary/aromatic N) is 2. The van der Waals surface area contributed by atoms with Crippen LogP contribution in [0.1, 0.15) is 27.3 Å². The monoisotopic (exact) mass is 156 g/mol. The molecule has 1 aromatic rings.